The van der Waals surface area contributed by atoms with Crippen LogP contribution in [0.3, 0.4) is 0 Å². The normalized spacial score (nSPS) is 14.6. The first kappa shape index (κ1) is 13.0. The highest BCUT2D eigenvalue weighted by Gasteiger charge is 2.16. The van der Waals surface area contributed by atoms with Crippen molar-refractivity contribution < 1.29 is 8.42 Å². The van der Waals surface area contributed by atoms with Crippen LogP contribution in [0, 0.1) is 5.92 Å². The molecule has 0 aliphatic rings. The van der Waals surface area contributed by atoms with Crippen molar-refractivity contribution in [1.82, 2.24) is 0 Å². The number of allylic oxidation sites excluding steroid dienone is 2. The van der Waals surface area contributed by atoms with Crippen molar-refractivity contribution >= 4 is 22.8 Å². The summed E-state index contributed by atoms with van der Waals surface area (Å²) in [5.74, 6) is 0.00947. The van der Waals surface area contributed by atoms with Crippen LogP contribution in [-0.2, 0) is 9.84 Å². The van der Waals surface area contributed by atoms with E-state index in [4.69, 9.17) is 0 Å². The van der Waals surface area contributed by atoms with E-state index in [2.05, 4.69) is 16.7 Å². The van der Waals surface area contributed by atoms with Crippen molar-refractivity contribution in [3.8, 4) is 0 Å². The van der Waals surface area contributed by atoms with Crippen molar-refractivity contribution in [1.29, 1.82) is 0 Å². The van der Waals surface area contributed by atoms with Gasteiger partial charge in [0.1, 0.15) is 4.91 Å². The number of nitrogens with zero attached hydrogens (tertiary/aromatic N) is 2. The second-order valence-corrected chi connectivity index (χ2v) is 5.21. The fourth-order valence-electron chi connectivity index (χ4n) is 1.01. The molecule has 0 spiro atoms. The first-order valence-corrected chi connectivity index (χ1v) is 6.06. The fraction of sp³-hybridized carbons (Fsp3) is 0.556. The van der Waals surface area contributed by atoms with E-state index in [9.17, 15) is 8.42 Å². The van der Waals surface area contributed by atoms with Crippen LogP contribution in [0.15, 0.2) is 20.6 Å². The van der Waals surface area contributed by atoms with Crippen LogP contribution < -0.4 is 0 Å². The quantitative estimate of drug-likeness (QED) is 0.665. The van der Waals surface area contributed by atoms with E-state index < -0.39 is 9.84 Å². The summed E-state index contributed by atoms with van der Waals surface area (Å²) in [6.07, 6.45) is 2.44. The van der Waals surface area contributed by atoms with E-state index >= 15 is 0 Å². The Hall–Kier alpha value is -0.970. The molecule has 0 aliphatic carbocycles. The highest BCUT2D eigenvalue weighted by molar-refractivity contribution is 7.95. The van der Waals surface area contributed by atoms with Gasteiger partial charge in [0, 0.05) is 19.5 Å². The predicted molar refractivity (Wildman–Crippen MR) is 60.7 cm³/mol. The van der Waals surface area contributed by atoms with Gasteiger partial charge in [-0.1, -0.05) is 13.8 Å². The Bertz CT molecular complexity index is 364. The average Bonchev–Trinajstić information content (AvgIpc) is 2.02. The molecular weight excluding hydrogens is 200 g/mol. The van der Waals surface area contributed by atoms with Crippen LogP contribution in [0.4, 0.5) is 0 Å². The molecule has 5 heteroatoms. The van der Waals surface area contributed by atoms with Gasteiger partial charge in [-0.25, -0.2) is 8.42 Å². The number of aliphatic imine (C=N–C) groups is 2. The summed E-state index contributed by atoms with van der Waals surface area (Å²) >= 11 is 0. The molecule has 0 unspecified atom stereocenters. The molecular formula is C9H16N2O2S. The van der Waals surface area contributed by atoms with Gasteiger partial charge in [0.15, 0.2) is 9.84 Å². The van der Waals surface area contributed by atoms with Crippen LogP contribution in [0.2, 0.25) is 0 Å². The SMILES string of the molecule is C=N/C(=C(\C=NC)S(C)(=O)=O)C(C)C. The van der Waals surface area contributed by atoms with Gasteiger partial charge in [-0.05, 0) is 12.6 Å². The zero-order valence-corrected chi connectivity index (χ0v) is 9.80. The molecule has 4 nitrogen and oxygen atoms in total. The first-order chi connectivity index (χ1) is 6.34. The number of sulfone groups is 1. The minimum atomic E-state index is -3.29. The predicted octanol–water partition coefficient (Wildman–Crippen LogP) is 1.30. The highest BCUT2D eigenvalue weighted by atomic mass is 32.2. The van der Waals surface area contributed by atoms with Gasteiger partial charge in [-0.15, -0.1) is 0 Å². The van der Waals surface area contributed by atoms with Gasteiger partial charge in [0.2, 0.25) is 0 Å². The maximum atomic E-state index is 11.4. The second-order valence-electron chi connectivity index (χ2n) is 3.22. The van der Waals surface area contributed by atoms with Crippen molar-refractivity contribution in [3.63, 3.8) is 0 Å². The van der Waals surface area contributed by atoms with Gasteiger partial charge in [-0.2, -0.15) is 0 Å². The lowest BCUT2D eigenvalue weighted by Gasteiger charge is -2.09. The smallest absolute Gasteiger partial charge is 0.178 e. The van der Waals surface area contributed by atoms with Gasteiger partial charge in [0.25, 0.3) is 0 Å². The first-order valence-electron chi connectivity index (χ1n) is 4.17. The summed E-state index contributed by atoms with van der Waals surface area (Å²) in [5, 5.41) is 0. The average molecular weight is 216 g/mol. The standard InChI is InChI=1S/C9H16N2O2S/c1-7(2)9(11-4)8(6-10-3)14(5,12)13/h6-7H,4H2,1-3,5H3/b9-8+,10-6?. The minimum Gasteiger partial charge on any atom is -0.295 e. The summed E-state index contributed by atoms with van der Waals surface area (Å²) in [6.45, 7) is 7.08. The summed E-state index contributed by atoms with van der Waals surface area (Å²) in [4.78, 5) is 7.58. The lowest BCUT2D eigenvalue weighted by atomic mass is 10.1. The molecule has 0 bridgehead atoms. The Morgan fingerprint density at radius 1 is 1.43 bits per heavy atom. The molecule has 0 saturated heterocycles. The minimum absolute atomic E-state index is 0.00947. The van der Waals surface area contributed by atoms with Crippen LogP contribution in [-0.4, -0.2) is 34.7 Å². The van der Waals surface area contributed by atoms with E-state index in [0.29, 0.717) is 5.70 Å². The molecule has 0 atom stereocenters. The third kappa shape index (κ3) is 3.41. The lowest BCUT2D eigenvalue weighted by Crippen LogP contribution is -2.08. The number of rotatable bonds is 4. The Labute approximate surface area is 85.4 Å². The Balaban J connectivity index is 5.69. The van der Waals surface area contributed by atoms with Crippen molar-refractivity contribution in [2.75, 3.05) is 13.3 Å². The van der Waals surface area contributed by atoms with E-state index in [1.807, 2.05) is 13.8 Å². The third-order valence-electron chi connectivity index (χ3n) is 1.62. The number of hydrogen-bond donors (Lipinski definition) is 0. The molecule has 0 radical (unpaired) electrons. The van der Waals surface area contributed by atoms with Crippen LogP contribution in [0.5, 0.6) is 0 Å². The molecule has 80 valence electrons. The van der Waals surface area contributed by atoms with Crippen LogP contribution in [0.1, 0.15) is 13.8 Å². The monoisotopic (exact) mass is 216 g/mol. The summed E-state index contributed by atoms with van der Waals surface area (Å²) in [7, 11) is -1.77. The summed E-state index contributed by atoms with van der Waals surface area (Å²) < 4.78 is 22.8. The maximum absolute atomic E-state index is 11.4. The molecule has 0 aromatic carbocycles. The molecule has 0 saturated carbocycles. The van der Waals surface area contributed by atoms with E-state index in [0.717, 1.165) is 6.26 Å². The Morgan fingerprint density at radius 3 is 2.14 bits per heavy atom. The third-order valence-corrected chi connectivity index (χ3v) is 2.73. The zero-order valence-electron chi connectivity index (χ0n) is 8.98. The van der Waals surface area contributed by atoms with Crippen LogP contribution >= 0.6 is 0 Å². The fourth-order valence-corrected chi connectivity index (χ4v) is 1.99. The highest BCUT2D eigenvalue weighted by Crippen LogP contribution is 2.18. The number of hydrogen-bond acceptors (Lipinski definition) is 4. The van der Waals surface area contributed by atoms with Crippen molar-refractivity contribution in [2.24, 2.45) is 15.9 Å². The Morgan fingerprint density at radius 2 is 1.93 bits per heavy atom. The van der Waals surface area contributed by atoms with Gasteiger partial charge in [-0.3, -0.25) is 9.98 Å². The topological polar surface area (TPSA) is 58.9 Å². The maximum Gasteiger partial charge on any atom is 0.178 e. The molecule has 0 aromatic rings. The molecule has 0 aromatic heterocycles. The van der Waals surface area contributed by atoms with Gasteiger partial charge in [0.05, 0.1) is 5.70 Å². The lowest BCUT2D eigenvalue weighted by molar-refractivity contribution is 0.607. The van der Waals surface area contributed by atoms with Gasteiger partial charge < -0.3 is 0 Å². The van der Waals surface area contributed by atoms with E-state index in [-0.39, 0.29) is 10.8 Å². The molecule has 0 rings (SSSR count). The molecule has 0 N–H and O–H groups in total. The largest absolute Gasteiger partial charge is 0.295 e. The molecule has 14 heavy (non-hydrogen) atoms. The van der Waals surface area contributed by atoms with Crippen LogP contribution in [0.25, 0.3) is 0 Å². The zero-order chi connectivity index (χ0) is 11.4. The van der Waals surface area contributed by atoms with Gasteiger partial charge >= 0.3 is 0 Å². The Kier molecular flexibility index (Phi) is 4.70. The second kappa shape index (κ2) is 5.05. The molecule has 0 amide bonds. The van der Waals surface area contributed by atoms with E-state index in [1.165, 1.54) is 13.3 Å². The summed E-state index contributed by atoms with van der Waals surface area (Å²) in [5.41, 5.74) is 0.457. The molecule has 0 aliphatic heterocycles. The molecule has 0 heterocycles. The van der Waals surface area contributed by atoms with Crippen molar-refractivity contribution in [2.45, 2.75) is 13.8 Å². The van der Waals surface area contributed by atoms with Crippen molar-refractivity contribution in [3.05, 3.63) is 10.6 Å². The molecule has 0 fully saturated rings. The summed E-state index contributed by atoms with van der Waals surface area (Å²) in [6, 6.07) is 0. The van der Waals surface area contributed by atoms with E-state index in [1.54, 1.807) is 0 Å².